The summed E-state index contributed by atoms with van der Waals surface area (Å²) in [7, 11) is 1.72. The van der Waals surface area contributed by atoms with Crippen LogP contribution in [0.5, 0.6) is 0 Å². The number of aliphatic hydroxyl groups excluding tert-OH is 1. The molecule has 14 heavy (non-hydrogen) atoms. The van der Waals surface area contributed by atoms with Crippen LogP contribution in [-0.2, 0) is 6.42 Å². The summed E-state index contributed by atoms with van der Waals surface area (Å²) >= 11 is 0. The van der Waals surface area contributed by atoms with Gasteiger partial charge in [-0.25, -0.2) is 0 Å². The minimum absolute atomic E-state index is 0. The highest BCUT2D eigenvalue weighted by molar-refractivity contribution is 5.85. The van der Waals surface area contributed by atoms with Gasteiger partial charge in [0.2, 0.25) is 0 Å². The maximum Gasteiger partial charge on any atom is 0.167 e. The molecule has 0 radical (unpaired) electrons. The highest BCUT2D eigenvalue weighted by Crippen LogP contribution is 2.04. The second-order valence-electron chi connectivity index (χ2n) is 3.00. The van der Waals surface area contributed by atoms with Crippen LogP contribution >= 0.6 is 12.4 Å². The molecule has 0 aliphatic carbocycles. The Hall–Kier alpha value is -0.610. The molecule has 1 rings (SSSR count). The molecule has 4 heteroatoms. The molecule has 0 saturated carbocycles. The summed E-state index contributed by atoms with van der Waals surface area (Å²) < 4.78 is 0. The highest BCUT2D eigenvalue weighted by Gasteiger charge is 2.13. The van der Waals surface area contributed by atoms with Crippen molar-refractivity contribution in [3.05, 3.63) is 35.9 Å². The molecule has 0 spiro atoms. The zero-order chi connectivity index (χ0) is 9.68. The average molecular weight is 218 g/mol. The normalized spacial score (nSPS) is 12.3. The predicted octanol–water partition coefficient (Wildman–Crippen LogP) is 0.550. The van der Waals surface area contributed by atoms with Crippen molar-refractivity contribution in [1.82, 2.24) is 5.32 Å². The van der Waals surface area contributed by atoms with E-state index >= 15 is 0 Å². The first-order chi connectivity index (χ1) is 6.24. The van der Waals surface area contributed by atoms with Crippen molar-refractivity contribution >= 4 is 12.4 Å². The average Bonchev–Trinajstić information content (AvgIpc) is 2.15. The molecule has 1 atom stereocenters. The van der Waals surface area contributed by atoms with Crippen molar-refractivity contribution in [1.29, 1.82) is 0 Å². The van der Waals surface area contributed by atoms with Gasteiger partial charge in [0.25, 0.3) is 0 Å². The van der Waals surface area contributed by atoms with Crippen molar-refractivity contribution in [2.45, 2.75) is 18.8 Å². The Morgan fingerprint density at radius 2 is 1.79 bits per heavy atom. The van der Waals surface area contributed by atoms with Gasteiger partial charge in [-0.15, -0.1) is 12.4 Å². The van der Waals surface area contributed by atoms with Gasteiger partial charge in [0.15, 0.2) is 6.29 Å². The maximum atomic E-state index is 8.97. The van der Waals surface area contributed by atoms with E-state index in [0.29, 0.717) is 6.42 Å². The van der Waals surface area contributed by atoms with Gasteiger partial charge in [-0.2, -0.15) is 0 Å². The third-order valence-electron chi connectivity index (χ3n) is 2.03. The van der Waals surface area contributed by atoms with E-state index in [-0.39, 0.29) is 18.4 Å². The molecule has 80 valence electrons. The molecule has 1 aromatic rings. The van der Waals surface area contributed by atoms with Gasteiger partial charge < -0.3 is 15.5 Å². The summed E-state index contributed by atoms with van der Waals surface area (Å²) in [6.07, 6.45) is -0.695. The number of likely N-dealkylation sites (N-methyl/N-ethyl adjacent to an activating group) is 1. The standard InChI is InChI=1S/C10H15NO2.ClH/c1-11-9(10(12)13)7-8-5-3-2-4-6-8;/h2-6,9-13H,7H2,1H3;1H. The van der Waals surface area contributed by atoms with Crippen LogP contribution in [0, 0.1) is 0 Å². The van der Waals surface area contributed by atoms with E-state index < -0.39 is 6.29 Å². The zero-order valence-corrected chi connectivity index (χ0v) is 8.87. The fourth-order valence-corrected chi connectivity index (χ4v) is 1.22. The molecular weight excluding hydrogens is 202 g/mol. The second kappa shape index (κ2) is 6.79. The Bertz CT molecular complexity index is 241. The zero-order valence-electron chi connectivity index (χ0n) is 8.05. The molecule has 0 aromatic heterocycles. The van der Waals surface area contributed by atoms with Crippen molar-refractivity contribution in [3.8, 4) is 0 Å². The number of benzene rings is 1. The van der Waals surface area contributed by atoms with Gasteiger partial charge in [0, 0.05) is 0 Å². The first-order valence-corrected chi connectivity index (χ1v) is 4.31. The molecule has 1 unspecified atom stereocenters. The van der Waals surface area contributed by atoms with Crippen LogP contribution in [0.4, 0.5) is 0 Å². The molecule has 0 fully saturated rings. The summed E-state index contributed by atoms with van der Waals surface area (Å²) in [5, 5.41) is 20.8. The molecule has 1 aromatic carbocycles. The van der Waals surface area contributed by atoms with Gasteiger partial charge in [0.05, 0.1) is 6.04 Å². The number of hydrogen-bond donors (Lipinski definition) is 3. The molecule has 0 bridgehead atoms. The first kappa shape index (κ1) is 13.4. The molecule has 0 heterocycles. The second-order valence-corrected chi connectivity index (χ2v) is 3.00. The summed E-state index contributed by atoms with van der Waals surface area (Å²) in [4.78, 5) is 0. The van der Waals surface area contributed by atoms with Crippen LogP contribution in [0.15, 0.2) is 30.3 Å². The number of nitrogens with one attached hydrogen (secondary N) is 1. The lowest BCUT2D eigenvalue weighted by Gasteiger charge is -2.17. The molecule has 3 nitrogen and oxygen atoms in total. The summed E-state index contributed by atoms with van der Waals surface area (Å²) in [5.74, 6) is 0. The molecule has 3 N–H and O–H groups in total. The highest BCUT2D eigenvalue weighted by atomic mass is 35.5. The largest absolute Gasteiger partial charge is 0.367 e. The number of hydrogen-bond acceptors (Lipinski definition) is 3. The van der Waals surface area contributed by atoms with Crippen LogP contribution < -0.4 is 5.32 Å². The lowest BCUT2D eigenvalue weighted by atomic mass is 10.1. The van der Waals surface area contributed by atoms with E-state index in [1.165, 1.54) is 0 Å². The van der Waals surface area contributed by atoms with Crippen LogP contribution in [0.2, 0.25) is 0 Å². The summed E-state index contributed by atoms with van der Waals surface area (Å²) in [6.45, 7) is 0. The van der Waals surface area contributed by atoms with Crippen LogP contribution in [0.25, 0.3) is 0 Å². The quantitative estimate of drug-likeness (QED) is 0.646. The fraction of sp³-hybridized carbons (Fsp3) is 0.400. The molecule has 0 aliphatic rings. The summed E-state index contributed by atoms with van der Waals surface area (Å²) in [6, 6.07) is 9.44. The van der Waals surface area contributed by atoms with Crippen LogP contribution in [0.1, 0.15) is 5.56 Å². The number of aliphatic hydroxyl groups is 2. The maximum absolute atomic E-state index is 8.97. The monoisotopic (exact) mass is 217 g/mol. The lowest BCUT2D eigenvalue weighted by Crippen LogP contribution is -2.39. The minimum Gasteiger partial charge on any atom is -0.367 e. The minimum atomic E-state index is -1.31. The van der Waals surface area contributed by atoms with Crippen LogP contribution in [0.3, 0.4) is 0 Å². The van der Waals surface area contributed by atoms with Crippen molar-refractivity contribution in [3.63, 3.8) is 0 Å². The van der Waals surface area contributed by atoms with Crippen molar-refractivity contribution < 1.29 is 10.2 Å². The lowest BCUT2D eigenvalue weighted by molar-refractivity contribution is -0.0650. The smallest absolute Gasteiger partial charge is 0.167 e. The topological polar surface area (TPSA) is 52.5 Å². The SMILES string of the molecule is CNC(Cc1ccccc1)C(O)O.Cl. The Morgan fingerprint density at radius 1 is 1.21 bits per heavy atom. The molecule has 0 aliphatic heterocycles. The van der Waals surface area contributed by atoms with Crippen LogP contribution in [-0.4, -0.2) is 29.6 Å². The Balaban J connectivity index is 0.00000169. The van der Waals surface area contributed by atoms with Gasteiger partial charge in [0.1, 0.15) is 0 Å². The van der Waals surface area contributed by atoms with E-state index in [9.17, 15) is 0 Å². The Labute approximate surface area is 90.2 Å². The van der Waals surface area contributed by atoms with Crippen molar-refractivity contribution in [2.75, 3.05) is 7.05 Å². The van der Waals surface area contributed by atoms with Gasteiger partial charge in [-0.05, 0) is 19.0 Å². The Kier molecular flexibility index (Phi) is 6.49. The number of halogens is 1. The molecule has 0 amide bonds. The van der Waals surface area contributed by atoms with E-state index in [1.807, 2.05) is 30.3 Å². The van der Waals surface area contributed by atoms with E-state index in [1.54, 1.807) is 7.05 Å². The predicted molar refractivity (Wildman–Crippen MR) is 58.5 cm³/mol. The van der Waals surface area contributed by atoms with E-state index in [0.717, 1.165) is 5.56 Å². The third-order valence-corrected chi connectivity index (χ3v) is 2.03. The molecular formula is C10H16ClNO2. The first-order valence-electron chi connectivity index (χ1n) is 4.31. The molecule has 0 saturated heterocycles. The van der Waals surface area contributed by atoms with E-state index in [2.05, 4.69) is 5.32 Å². The fourth-order valence-electron chi connectivity index (χ4n) is 1.22. The van der Waals surface area contributed by atoms with Gasteiger partial charge in [-0.1, -0.05) is 30.3 Å². The van der Waals surface area contributed by atoms with Gasteiger partial charge >= 0.3 is 0 Å². The number of rotatable bonds is 4. The van der Waals surface area contributed by atoms with E-state index in [4.69, 9.17) is 10.2 Å². The Morgan fingerprint density at radius 3 is 2.21 bits per heavy atom. The third kappa shape index (κ3) is 4.07. The van der Waals surface area contributed by atoms with Gasteiger partial charge in [-0.3, -0.25) is 0 Å². The van der Waals surface area contributed by atoms with Crippen molar-refractivity contribution in [2.24, 2.45) is 0 Å². The summed E-state index contributed by atoms with van der Waals surface area (Å²) in [5.41, 5.74) is 1.09.